The largest absolute Gasteiger partial charge is 0.464 e. The average molecular weight is 284 g/mol. The van der Waals surface area contributed by atoms with Gasteiger partial charge in [0.15, 0.2) is 4.67 Å². The maximum atomic E-state index is 5.71. The Kier molecular flexibility index (Phi) is 3.51. The molecule has 1 atom stereocenters. The van der Waals surface area contributed by atoms with Crippen molar-refractivity contribution in [2.75, 3.05) is 7.05 Å². The molecule has 0 radical (unpaired) electrons. The van der Waals surface area contributed by atoms with Crippen LogP contribution in [0.5, 0.6) is 0 Å². The molecule has 0 fully saturated rings. The van der Waals surface area contributed by atoms with E-state index in [1.54, 1.807) is 0 Å². The smallest absolute Gasteiger partial charge is 0.169 e. The van der Waals surface area contributed by atoms with E-state index in [1.807, 2.05) is 31.3 Å². The van der Waals surface area contributed by atoms with Gasteiger partial charge in [0.05, 0.1) is 0 Å². The van der Waals surface area contributed by atoms with Crippen molar-refractivity contribution in [3.05, 3.63) is 46.2 Å². The van der Waals surface area contributed by atoms with Gasteiger partial charge in [-0.3, -0.25) is 0 Å². The average Bonchev–Trinajstić information content (AvgIpc) is 2.89. The highest BCUT2D eigenvalue weighted by Gasteiger charge is 2.19. The van der Waals surface area contributed by atoms with Crippen LogP contribution >= 0.6 is 15.9 Å². The van der Waals surface area contributed by atoms with Gasteiger partial charge >= 0.3 is 0 Å². The molecule has 1 N–H and O–H groups in total. The Morgan fingerprint density at radius 2 is 1.88 bits per heavy atom. The first-order chi connectivity index (χ1) is 7.74. The summed E-state index contributed by atoms with van der Waals surface area (Å²) in [5.74, 6) is 2.70. The molecular weight excluding hydrogens is 270 g/mol. The quantitative estimate of drug-likeness (QED) is 0.933. The van der Waals surface area contributed by atoms with Crippen molar-refractivity contribution in [3.8, 4) is 0 Å². The zero-order valence-electron chi connectivity index (χ0n) is 9.29. The van der Waals surface area contributed by atoms with Crippen molar-refractivity contribution in [2.45, 2.75) is 19.4 Å². The lowest BCUT2D eigenvalue weighted by molar-refractivity contribution is 0.383. The van der Waals surface area contributed by atoms with E-state index < -0.39 is 0 Å². The molecule has 0 aliphatic rings. The number of nitrogens with one attached hydrogen (secondary N) is 1. The Balaban J connectivity index is 2.28. The monoisotopic (exact) mass is 283 g/mol. The number of hydrogen-bond donors (Lipinski definition) is 1. The summed E-state index contributed by atoms with van der Waals surface area (Å²) in [7, 11) is 1.88. The molecule has 0 aliphatic carbocycles. The molecule has 2 aromatic rings. The number of hydrogen-bond acceptors (Lipinski definition) is 3. The minimum Gasteiger partial charge on any atom is -0.464 e. The highest BCUT2D eigenvalue weighted by molar-refractivity contribution is 9.10. The van der Waals surface area contributed by atoms with E-state index in [2.05, 4.69) is 28.2 Å². The SMILES string of the molecule is CCc1ccc(C(NC)c2ccc(Br)o2)o1. The van der Waals surface area contributed by atoms with E-state index >= 15 is 0 Å². The van der Waals surface area contributed by atoms with Crippen LogP contribution in [0.4, 0.5) is 0 Å². The van der Waals surface area contributed by atoms with E-state index in [0.717, 1.165) is 28.4 Å². The van der Waals surface area contributed by atoms with Gasteiger partial charge in [-0.2, -0.15) is 0 Å². The van der Waals surface area contributed by atoms with Gasteiger partial charge in [0.1, 0.15) is 23.3 Å². The van der Waals surface area contributed by atoms with E-state index in [1.165, 1.54) is 0 Å². The first-order valence-corrected chi connectivity index (χ1v) is 6.05. The lowest BCUT2D eigenvalue weighted by atomic mass is 10.2. The van der Waals surface area contributed by atoms with Crippen molar-refractivity contribution in [3.63, 3.8) is 0 Å². The summed E-state index contributed by atoms with van der Waals surface area (Å²) in [6.07, 6.45) is 0.901. The second-order valence-corrected chi connectivity index (χ2v) is 4.30. The lowest BCUT2D eigenvalue weighted by Gasteiger charge is -2.10. The molecule has 86 valence electrons. The fourth-order valence-electron chi connectivity index (χ4n) is 1.65. The zero-order valence-corrected chi connectivity index (χ0v) is 10.9. The summed E-state index contributed by atoms with van der Waals surface area (Å²) in [4.78, 5) is 0. The van der Waals surface area contributed by atoms with Gasteiger partial charge in [0, 0.05) is 6.42 Å². The van der Waals surface area contributed by atoms with Gasteiger partial charge in [-0.05, 0) is 47.2 Å². The van der Waals surface area contributed by atoms with Crippen LogP contribution in [0.1, 0.15) is 30.2 Å². The Hall–Kier alpha value is -1.00. The molecule has 0 saturated carbocycles. The van der Waals surface area contributed by atoms with E-state index in [4.69, 9.17) is 8.83 Å². The van der Waals surface area contributed by atoms with Crippen molar-refractivity contribution >= 4 is 15.9 Å². The van der Waals surface area contributed by atoms with Crippen LogP contribution in [0.2, 0.25) is 0 Å². The first kappa shape index (κ1) is 11.5. The highest BCUT2D eigenvalue weighted by Crippen LogP contribution is 2.27. The lowest BCUT2D eigenvalue weighted by Crippen LogP contribution is -2.16. The summed E-state index contributed by atoms with van der Waals surface area (Å²) in [6, 6.07) is 7.75. The van der Waals surface area contributed by atoms with Crippen molar-refractivity contribution < 1.29 is 8.83 Å². The van der Waals surface area contributed by atoms with Gasteiger partial charge in [-0.1, -0.05) is 6.92 Å². The standard InChI is InChI=1S/C12H14BrNO2/c1-3-8-4-5-9(15-8)12(14-2)10-6-7-11(13)16-10/h4-7,12,14H,3H2,1-2H3. The maximum absolute atomic E-state index is 5.71. The third-order valence-electron chi connectivity index (χ3n) is 2.48. The van der Waals surface area contributed by atoms with E-state index in [9.17, 15) is 0 Å². The summed E-state index contributed by atoms with van der Waals surface area (Å²) in [6.45, 7) is 2.07. The van der Waals surface area contributed by atoms with Crippen LogP contribution in [0.25, 0.3) is 0 Å². The number of halogens is 1. The predicted molar refractivity (Wildman–Crippen MR) is 65.4 cm³/mol. The molecule has 0 saturated heterocycles. The van der Waals surface area contributed by atoms with Gasteiger partial charge in [-0.15, -0.1) is 0 Å². The Labute approximate surface area is 103 Å². The van der Waals surface area contributed by atoms with Crippen LogP contribution in [-0.4, -0.2) is 7.05 Å². The topological polar surface area (TPSA) is 38.3 Å². The van der Waals surface area contributed by atoms with E-state index in [0.29, 0.717) is 0 Å². The van der Waals surface area contributed by atoms with Crippen LogP contribution in [-0.2, 0) is 6.42 Å². The summed E-state index contributed by atoms with van der Waals surface area (Å²) < 4.78 is 12.0. The molecule has 4 heteroatoms. The molecule has 16 heavy (non-hydrogen) atoms. The molecular formula is C12H14BrNO2. The Bertz CT molecular complexity index is 461. The van der Waals surface area contributed by atoms with Gasteiger partial charge in [-0.25, -0.2) is 0 Å². The number of furan rings is 2. The molecule has 1 unspecified atom stereocenters. The van der Waals surface area contributed by atoms with Crippen LogP contribution < -0.4 is 5.32 Å². The van der Waals surface area contributed by atoms with Gasteiger partial charge in [0.25, 0.3) is 0 Å². The molecule has 0 aromatic carbocycles. The first-order valence-electron chi connectivity index (χ1n) is 5.25. The van der Waals surface area contributed by atoms with Crippen LogP contribution in [0.15, 0.2) is 37.8 Å². The van der Waals surface area contributed by atoms with Crippen molar-refractivity contribution in [1.82, 2.24) is 5.32 Å². The van der Waals surface area contributed by atoms with Crippen LogP contribution in [0.3, 0.4) is 0 Å². The minimum atomic E-state index is -0.0356. The number of aryl methyl sites for hydroxylation is 1. The van der Waals surface area contributed by atoms with Crippen molar-refractivity contribution in [1.29, 1.82) is 0 Å². The highest BCUT2D eigenvalue weighted by atomic mass is 79.9. The fraction of sp³-hybridized carbons (Fsp3) is 0.333. The molecule has 2 heterocycles. The summed E-state index contributed by atoms with van der Waals surface area (Å²) in [5, 5.41) is 3.18. The molecule has 0 amide bonds. The minimum absolute atomic E-state index is 0.0356. The van der Waals surface area contributed by atoms with Gasteiger partial charge in [0.2, 0.25) is 0 Å². The summed E-state index contributed by atoms with van der Waals surface area (Å²) >= 11 is 3.30. The third kappa shape index (κ3) is 2.23. The predicted octanol–water partition coefficient (Wildman–Crippen LogP) is 3.51. The normalized spacial score (nSPS) is 12.9. The molecule has 2 aromatic heterocycles. The summed E-state index contributed by atoms with van der Waals surface area (Å²) in [5.41, 5.74) is 0. The number of rotatable bonds is 4. The van der Waals surface area contributed by atoms with Crippen molar-refractivity contribution in [2.24, 2.45) is 0 Å². The molecule has 2 rings (SSSR count). The second-order valence-electron chi connectivity index (χ2n) is 3.52. The van der Waals surface area contributed by atoms with Gasteiger partial charge < -0.3 is 14.2 Å². The zero-order chi connectivity index (χ0) is 11.5. The molecule has 0 bridgehead atoms. The molecule has 3 nitrogen and oxygen atoms in total. The molecule has 0 aliphatic heterocycles. The second kappa shape index (κ2) is 4.89. The van der Waals surface area contributed by atoms with E-state index in [-0.39, 0.29) is 6.04 Å². The molecule has 0 spiro atoms. The Morgan fingerprint density at radius 3 is 2.38 bits per heavy atom. The fourth-order valence-corrected chi connectivity index (χ4v) is 1.97. The van der Waals surface area contributed by atoms with Crippen LogP contribution in [0, 0.1) is 0 Å². The third-order valence-corrected chi connectivity index (χ3v) is 2.91. The maximum Gasteiger partial charge on any atom is 0.169 e. The Morgan fingerprint density at radius 1 is 1.19 bits per heavy atom.